The molecule has 0 radical (unpaired) electrons. The molecule has 1 aliphatic heterocycles. The summed E-state index contributed by atoms with van der Waals surface area (Å²) in [7, 11) is 0. The summed E-state index contributed by atoms with van der Waals surface area (Å²) in [4.78, 5) is 2.54. The van der Waals surface area contributed by atoms with E-state index < -0.39 is 0 Å². The van der Waals surface area contributed by atoms with E-state index in [0.717, 1.165) is 13.2 Å². The molecule has 0 aromatic carbocycles. The van der Waals surface area contributed by atoms with Gasteiger partial charge in [-0.1, -0.05) is 20.8 Å². The fourth-order valence-electron chi connectivity index (χ4n) is 1.92. The highest BCUT2D eigenvalue weighted by Gasteiger charge is 2.25. The minimum atomic E-state index is 0.419. The summed E-state index contributed by atoms with van der Waals surface area (Å²) in [5.74, 6) is 1.29. The van der Waals surface area contributed by atoms with Gasteiger partial charge < -0.3 is 4.74 Å². The van der Waals surface area contributed by atoms with Gasteiger partial charge in [-0.05, 0) is 25.7 Å². The van der Waals surface area contributed by atoms with E-state index in [2.05, 4.69) is 39.5 Å². The highest BCUT2D eigenvalue weighted by atomic mass is 16.5. The smallest absolute Gasteiger partial charge is 0.0725 e. The second kappa shape index (κ2) is 5.13. The van der Waals surface area contributed by atoms with Gasteiger partial charge in [0.05, 0.1) is 12.7 Å². The quantitative estimate of drug-likeness (QED) is 0.677. The molecular formula is C12H25NO. The summed E-state index contributed by atoms with van der Waals surface area (Å²) < 4.78 is 5.92. The molecule has 1 unspecified atom stereocenters. The van der Waals surface area contributed by atoms with Crippen molar-refractivity contribution in [3.05, 3.63) is 0 Å². The molecule has 1 fully saturated rings. The molecule has 2 nitrogen and oxygen atoms in total. The van der Waals surface area contributed by atoms with Crippen molar-refractivity contribution in [3.63, 3.8) is 0 Å². The molecule has 0 spiro atoms. The number of hydrogen-bond acceptors (Lipinski definition) is 2. The van der Waals surface area contributed by atoms with E-state index in [1.54, 1.807) is 0 Å². The number of rotatable bonds is 2. The van der Waals surface area contributed by atoms with Crippen LogP contribution in [0.5, 0.6) is 0 Å². The van der Waals surface area contributed by atoms with E-state index in [4.69, 9.17) is 4.74 Å². The molecule has 2 heteroatoms. The average Bonchev–Trinajstić information content (AvgIpc) is 2.26. The van der Waals surface area contributed by atoms with E-state index in [-0.39, 0.29) is 0 Å². The highest BCUT2D eigenvalue weighted by molar-refractivity contribution is 4.77. The molecule has 84 valence electrons. The Hall–Kier alpha value is -0.0800. The molecule has 0 aromatic rings. The van der Waals surface area contributed by atoms with Crippen molar-refractivity contribution in [1.82, 2.24) is 4.90 Å². The van der Waals surface area contributed by atoms with Crippen LogP contribution in [0.2, 0.25) is 0 Å². The largest absolute Gasteiger partial charge is 0.376 e. The van der Waals surface area contributed by atoms with Crippen LogP contribution in [0.1, 0.15) is 34.6 Å². The van der Waals surface area contributed by atoms with Crippen LogP contribution >= 0.6 is 0 Å². The van der Waals surface area contributed by atoms with Crippen molar-refractivity contribution in [2.75, 3.05) is 19.7 Å². The van der Waals surface area contributed by atoms with Crippen molar-refractivity contribution in [2.24, 2.45) is 11.8 Å². The molecule has 2 atom stereocenters. The van der Waals surface area contributed by atoms with E-state index in [1.165, 1.54) is 6.54 Å². The number of hydrogen-bond donors (Lipinski definition) is 0. The fourth-order valence-corrected chi connectivity index (χ4v) is 1.92. The molecule has 0 saturated carbocycles. The summed E-state index contributed by atoms with van der Waals surface area (Å²) in [5.41, 5.74) is 0. The highest BCUT2D eigenvalue weighted by Crippen LogP contribution is 2.17. The summed E-state index contributed by atoms with van der Waals surface area (Å²) in [6, 6.07) is 0.639. The zero-order chi connectivity index (χ0) is 10.7. The maximum Gasteiger partial charge on any atom is 0.0725 e. The van der Waals surface area contributed by atoms with Crippen LogP contribution in [0.15, 0.2) is 0 Å². The first kappa shape index (κ1) is 12.0. The molecule has 14 heavy (non-hydrogen) atoms. The lowest BCUT2D eigenvalue weighted by Crippen LogP contribution is -2.39. The van der Waals surface area contributed by atoms with Gasteiger partial charge >= 0.3 is 0 Å². The molecule has 0 bridgehead atoms. The number of nitrogens with zero attached hydrogens (tertiary/aromatic N) is 1. The lowest BCUT2D eigenvalue weighted by atomic mass is 10.1. The predicted octanol–water partition coefficient (Wildman–Crippen LogP) is 2.39. The first-order chi connectivity index (χ1) is 6.50. The van der Waals surface area contributed by atoms with Crippen LogP contribution < -0.4 is 0 Å². The van der Waals surface area contributed by atoms with Gasteiger partial charge in [-0.25, -0.2) is 0 Å². The number of ether oxygens (including phenoxy) is 1. The van der Waals surface area contributed by atoms with Crippen molar-refractivity contribution in [3.8, 4) is 0 Å². The minimum Gasteiger partial charge on any atom is -0.376 e. The van der Waals surface area contributed by atoms with Gasteiger partial charge in [-0.15, -0.1) is 0 Å². The normalized spacial score (nSPS) is 31.1. The van der Waals surface area contributed by atoms with E-state index in [9.17, 15) is 0 Å². The Morgan fingerprint density at radius 1 is 1.14 bits per heavy atom. The fraction of sp³-hybridized carbons (Fsp3) is 1.00. The monoisotopic (exact) mass is 199 g/mol. The summed E-state index contributed by atoms with van der Waals surface area (Å²) in [6.07, 6.45) is 0.419. The van der Waals surface area contributed by atoms with Crippen LogP contribution in [0.3, 0.4) is 0 Å². The van der Waals surface area contributed by atoms with Crippen molar-refractivity contribution in [2.45, 2.75) is 46.8 Å². The third kappa shape index (κ3) is 3.25. The molecular weight excluding hydrogens is 174 g/mol. The van der Waals surface area contributed by atoms with Gasteiger partial charge in [0.1, 0.15) is 0 Å². The van der Waals surface area contributed by atoms with E-state index in [1.807, 2.05) is 0 Å². The van der Waals surface area contributed by atoms with Gasteiger partial charge in [-0.3, -0.25) is 4.90 Å². The molecule has 0 N–H and O–H groups in total. The van der Waals surface area contributed by atoms with Crippen molar-refractivity contribution in [1.29, 1.82) is 0 Å². The van der Waals surface area contributed by atoms with Crippen molar-refractivity contribution < 1.29 is 4.74 Å². The van der Waals surface area contributed by atoms with Crippen LogP contribution in [0, 0.1) is 11.8 Å². The Bertz CT molecular complexity index is 168. The Labute approximate surface area is 88.6 Å². The zero-order valence-corrected chi connectivity index (χ0v) is 10.3. The molecule has 1 aliphatic rings. The first-order valence-corrected chi connectivity index (χ1v) is 5.86. The van der Waals surface area contributed by atoms with Gasteiger partial charge in [0, 0.05) is 19.1 Å². The third-order valence-corrected chi connectivity index (χ3v) is 3.03. The van der Waals surface area contributed by atoms with Gasteiger partial charge in [0.15, 0.2) is 0 Å². The lowest BCUT2D eigenvalue weighted by molar-refractivity contribution is 0.0129. The predicted molar refractivity (Wildman–Crippen MR) is 60.5 cm³/mol. The van der Waals surface area contributed by atoms with Gasteiger partial charge in [0.25, 0.3) is 0 Å². The Balaban J connectivity index is 2.59. The SMILES string of the molecule is CC(C)C1CN(C(C)C)C[C@@H](C)CO1. The van der Waals surface area contributed by atoms with Crippen LogP contribution in [0.4, 0.5) is 0 Å². The van der Waals surface area contributed by atoms with Crippen molar-refractivity contribution >= 4 is 0 Å². The second-order valence-corrected chi connectivity index (χ2v) is 5.27. The third-order valence-electron chi connectivity index (χ3n) is 3.03. The molecule has 0 aliphatic carbocycles. The Kier molecular flexibility index (Phi) is 4.39. The zero-order valence-electron chi connectivity index (χ0n) is 10.3. The molecule has 1 heterocycles. The lowest BCUT2D eigenvalue weighted by Gasteiger charge is -2.29. The van der Waals surface area contributed by atoms with Crippen LogP contribution in [-0.2, 0) is 4.74 Å². The standard InChI is InChI=1S/C12H25NO/c1-9(2)12-7-13(10(3)4)6-11(5)8-14-12/h9-12H,6-8H2,1-5H3/t11-,12?/m1/s1. The summed E-state index contributed by atoms with van der Waals surface area (Å²) in [5, 5.41) is 0. The van der Waals surface area contributed by atoms with Crippen LogP contribution in [-0.4, -0.2) is 36.7 Å². The minimum absolute atomic E-state index is 0.419. The van der Waals surface area contributed by atoms with Gasteiger partial charge in [-0.2, -0.15) is 0 Å². The molecule has 0 amide bonds. The van der Waals surface area contributed by atoms with Gasteiger partial charge in [0.2, 0.25) is 0 Å². The topological polar surface area (TPSA) is 12.5 Å². The summed E-state index contributed by atoms with van der Waals surface area (Å²) in [6.45, 7) is 14.5. The maximum atomic E-state index is 5.92. The average molecular weight is 199 g/mol. The Morgan fingerprint density at radius 3 is 2.29 bits per heavy atom. The Morgan fingerprint density at radius 2 is 1.79 bits per heavy atom. The second-order valence-electron chi connectivity index (χ2n) is 5.27. The molecule has 1 rings (SSSR count). The first-order valence-electron chi connectivity index (χ1n) is 5.86. The van der Waals surface area contributed by atoms with E-state index >= 15 is 0 Å². The maximum absolute atomic E-state index is 5.92. The van der Waals surface area contributed by atoms with Crippen LogP contribution in [0.25, 0.3) is 0 Å². The summed E-state index contributed by atoms with van der Waals surface area (Å²) >= 11 is 0. The molecule has 0 aromatic heterocycles. The molecule has 1 saturated heterocycles. The van der Waals surface area contributed by atoms with E-state index in [0.29, 0.717) is 24.0 Å².